The zero-order chi connectivity index (χ0) is 10.7. The summed E-state index contributed by atoms with van der Waals surface area (Å²) in [5.74, 6) is 0.0989. The molecule has 0 aliphatic carbocycles. The highest BCUT2D eigenvalue weighted by molar-refractivity contribution is 5.94. The van der Waals surface area contributed by atoms with E-state index in [1.165, 1.54) is 11.1 Å². The number of aryl methyl sites for hydroxylation is 1. The van der Waals surface area contributed by atoms with E-state index in [9.17, 15) is 4.79 Å². The number of hydrogen-bond donors (Lipinski definition) is 2. The van der Waals surface area contributed by atoms with Crippen LogP contribution in [0.5, 0.6) is 0 Å². The largest absolute Gasteiger partial charge is 0.396 e. The second-order valence-corrected chi connectivity index (χ2v) is 3.82. The molecule has 1 aliphatic rings. The molecule has 3 heteroatoms. The lowest BCUT2D eigenvalue weighted by atomic mass is 9.95. The van der Waals surface area contributed by atoms with E-state index < -0.39 is 0 Å². The first-order valence-electron chi connectivity index (χ1n) is 5.33. The van der Waals surface area contributed by atoms with Gasteiger partial charge in [0, 0.05) is 18.7 Å². The minimum absolute atomic E-state index is 0.0989. The molecule has 1 amide bonds. The number of benzene rings is 1. The van der Waals surface area contributed by atoms with E-state index in [0.717, 1.165) is 24.9 Å². The minimum Gasteiger partial charge on any atom is -0.396 e. The van der Waals surface area contributed by atoms with Gasteiger partial charge in [-0.3, -0.25) is 4.79 Å². The zero-order valence-corrected chi connectivity index (χ0v) is 8.62. The van der Waals surface area contributed by atoms with E-state index in [2.05, 4.69) is 11.4 Å². The fourth-order valence-electron chi connectivity index (χ4n) is 2.00. The van der Waals surface area contributed by atoms with Crippen molar-refractivity contribution in [2.75, 3.05) is 11.9 Å². The van der Waals surface area contributed by atoms with Gasteiger partial charge in [-0.1, -0.05) is 12.1 Å². The van der Waals surface area contributed by atoms with Gasteiger partial charge in [-0.05, 0) is 36.5 Å². The van der Waals surface area contributed by atoms with Crippen LogP contribution in [0.25, 0.3) is 0 Å². The summed E-state index contributed by atoms with van der Waals surface area (Å²) in [6.45, 7) is 0.218. The number of rotatable bonds is 3. The monoisotopic (exact) mass is 205 g/mol. The van der Waals surface area contributed by atoms with E-state index >= 15 is 0 Å². The van der Waals surface area contributed by atoms with Gasteiger partial charge in [0.15, 0.2) is 0 Å². The van der Waals surface area contributed by atoms with E-state index in [1.54, 1.807) is 0 Å². The molecule has 15 heavy (non-hydrogen) atoms. The quantitative estimate of drug-likeness (QED) is 0.785. The molecule has 0 fully saturated rings. The lowest BCUT2D eigenvalue weighted by molar-refractivity contribution is -0.116. The van der Waals surface area contributed by atoms with Crippen LogP contribution in [0.4, 0.5) is 5.69 Å². The van der Waals surface area contributed by atoms with Gasteiger partial charge in [-0.2, -0.15) is 0 Å². The van der Waals surface area contributed by atoms with Gasteiger partial charge in [0.2, 0.25) is 5.91 Å². The van der Waals surface area contributed by atoms with E-state index in [1.807, 2.05) is 12.1 Å². The number of anilines is 1. The smallest absolute Gasteiger partial charge is 0.224 e. The molecule has 0 saturated heterocycles. The maximum absolute atomic E-state index is 11.2. The van der Waals surface area contributed by atoms with Gasteiger partial charge in [-0.25, -0.2) is 0 Å². The molecule has 0 bridgehead atoms. The Hall–Kier alpha value is -1.35. The molecule has 0 saturated carbocycles. The molecule has 2 N–H and O–H groups in total. The summed E-state index contributed by atoms with van der Waals surface area (Å²) in [6, 6.07) is 5.97. The summed E-state index contributed by atoms with van der Waals surface area (Å²) in [6.07, 6.45) is 3.06. The van der Waals surface area contributed by atoms with E-state index in [0.29, 0.717) is 6.42 Å². The highest BCUT2D eigenvalue weighted by Crippen LogP contribution is 2.26. The third-order valence-corrected chi connectivity index (χ3v) is 2.75. The molecule has 1 heterocycles. The average Bonchev–Trinajstić information content (AvgIpc) is 2.25. The van der Waals surface area contributed by atoms with E-state index in [-0.39, 0.29) is 12.5 Å². The average molecular weight is 205 g/mol. The van der Waals surface area contributed by atoms with Gasteiger partial charge in [0.1, 0.15) is 0 Å². The van der Waals surface area contributed by atoms with Crippen molar-refractivity contribution in [2.45, 2.75) is 25.7 Å². The summed E-state index contributed by atoms with van der Waals surface area (Å²) in [5, 5.41) is 11.7. The van der Waals surface area contributed by atoms with Crippen molar-refractivity contribution in [1.82, 2.24) is 0 Å². The van der Waals surface area contributed by atoms with Crippen LogP contribution >= 0.6 is 0 Å². The molecule has 2 rings (SSSR count). The van der Waals surface area contributed by atoms with Crippen LogP contribution in [0, 0.1) is 0 Å². The summed E-state index contributed by atoms with van der Waals surface area (Å²) in [4.78, 5) is 11.2. The Morgan fingerprint density at radius 3 is 3.00 bits per heavy atom. The number of carbonyl (C=O) groups excluding carboxylic acids is 1. The predicted molar refractivity (Wildman–Crippen MR) is 58.8 cm³/mol. The van der Waals surface area contributed by atoms with Crippen LogP contribution in [-0.4, -0.2) is 17.6 Å². The zero-order valence-electron chi connectivity index (χ0n) is 8.62. The molecule has 0 spiro atoms. The lowest BCUT2D eigenvalue weighted by Crippen LogP contribution is -2.20. The van der Waals surface area contributed by atoms with Crippen molar-refractivity contribution in [2.24, 2.45) is 0 Å². The first-order chi connectivity index (χ1) is 7.31. The van der Waals surface area contributed by atoms with Crippen LogP contribution in [0.3, 0.4) is 0 Å². The molecule has 0 atom stereocenters. The van der Waals surface area contributed by atoms with Crippen LogP contribution < -0.4 is 5.32 Å². The van der Waals surface area contributed by atoms with Crippen molar-refractivity contribution in [3.8, 4) is 0 Å². The first-order valence-corrected chi connectivity index (χ1v) is 5.33. The van der Waals surface area contributed by atoms with Crippen molar-refractivity contribution in [3.63, 3.8) is 0 Å². The fraction of sp³-hybridized carbons (Fsp3) is 0.417. The number of nitrogens with one attached hydrogen (secondary N) is 1. The maximum Gasteiger partial charge on any atom is 0.224 e. The number of fused-ring (bicyclic) bond motifs is 1. The molecule has 1 aromatic carbocycles. The van der Waals surface area contributed by atoms with Crippen molar-refractivity contribution in [1.29, 1.82) is 0 Å². The van der Waals surface area contributed by atoms with Crippen molar-refractivity contribution >= 4 is 11.6 Å². The Bertz CT molecular complexity index is 374. The number of aliphatic hydroxyl groups is 1. The molecule has 0 unspecified atom stereocenters. The highest BCUT2D eigenvalue weighted by atomic mass is 16.2. The molecule has 80 valence electrons. The molecular formula is C12H15NO2. The molecular weight excluding hydrogens is 190 g/mol. The SMILES string of the molecule is O=C1CCc2c(CCCO)cccc2N1. The molecule has 1 aliphatic heterocycles. The standard InChI is InChI=1S/C12H15NO2/c14-8-2-4-9-3-1-5-11-10(9)6-7-12(15)13-11/h1,3,5,14H,2,4,6-8H2,(H,13,15). The fourth-order valence-corrected chi connectivity index (χ4v) is 2.00. The second-order valence-electron chi connectivity index (χ2n) is 3.82. The van der Waals surface area contributed by atoms with Gasteiger partial charge in [0.25, 0.3) is 0 Å². The maximum atomic E-state index is 11.2. The number of amides is 1. The molecule has 0 aromatic heterocycles. The van der Waals surface area contributed by atoms with Crippen LogP contribution in [0.1, 0.15) is 24.0 Å². The van der Waals surface area contributed by atoms with Crippen molar-refractivity contribution < 1.29 is 9.90 Å². The van der Waals surface area contributed by atoms with Crippen LogP contribution in [0.15, 0.2) is 18.2 Å². The van der Waals surface area contributed by atoms with Crippen molar-refractivity contribution in [3.05, 3.63) is 29.3 Å². The Balaban J connectivity index is 2.25. The van der Waals surface area contributed by atoms with Gasteiger partial charge >= 0.3 is 0 Å². The molecule has 1 aromatic rings. The second kappa shape index (κ2) is 4.45. The third-order valence-electron chi connectivity index (χ3n) is 2.75. The Morgan fingerprint density at radius 1 is 1.33 bits per heavy atom. The Labute approximate surface area is 89.1 Å². The third kappa shape index (κ3) is 2.18. The van der Waals surface area contributed by atoms with E-state index in [4.69, 9.17) is 5.11 Å². The number of hydrogen-bond acceptors (Lipinski definition) is 2. The number of aliphatic hydroxyl groups excluding tert-OH is 1. The summed E-state index contributed by atoms with van der Waals surface area (Å²) in [7, 11) is 0. The molecule has 3 nitrogen and oxygen atoms in total. The van der Waals surface area contributed by atoms with Gasteiger partial charge in [-0.15, -0.1) is 0 Å². The topological polar surface area (TPSA) is 49.3 Å². The molecule has 0 radical (unpaired) electrons. The lowest BCUT2D eigenvalue weighted by Gasteiger charge is -2.19. The van der Waals surface area contributed by atoms with Crippen LogP contribution in [-0.2, 0) is 17.6 Å². The van der Waals surface area contributed by atoms with Gasteiger partial charge in [0.05, 0.1) is 0 Å². The summed E-state index contributed by atoms with van der Waals surface area (Å²) in [5.41, 5.74) is 3.44. The minimum atomic E-state index is 0.0989. The first kappa shape index (κ1) is 10.2. The number of carbonyl (C=O) groups is 1. The van der Waals surface area contributed by atoms with Gasteiger partial charge < -0.3 is 10.4 Å². The highest BCUT2D eigenvalue weighted by Gasteiger charge is 2.16. The Kier molecular flexibility index (Phi) is 3.02. The normalized spacial score (nSPS) is 14.6. The Morgan fingerprint density at radius 2 is 2.20 bits per heavy atom. The van der Waals surface area contributed by atoms with Crippen LogP contribution in [0.2, 0.25) is 0 Å². The summed E-state index contributed by atoms with van der Waals surface area (Å²) < 4.78 is 0. The predicted octanol–water partition coefficient (Wildman–Crippen LogP) is 1.50. The summed E-state index contributed by atoms with van der Waals surface area (Å²) >= 11 is 0.